The van der Waals surface area contributed by atoms with E-state index in [1.165, 1.54) is 5.56 Å². The van der Waals surface area contributed by atoms with E-state index in [1.54, 1.807) is 7.11 Å². The van der Waals surface area contributed by atoms with E-state index in [4.69, 9.17) is 4.74 Å². The lowest BCUT2D eigenvalue weighted by Crippen LogP contribution is -2.52. The summed E-state index contributed by atoms with van der Waals surface area (Å²) in [7, 11) is 1.65. The first kappa shape index (κ1) is 19.2. The van der Waals surface area contributed by atoms with Crippen molar-refractivity contribution in [3.05, 3.63) is 65.7 Å². The Morgan fingerprint density at radius 2 is 1.70 bits per heavy atom. The third kappa shape index (κ3) is 5.47. The number of hydrogen-bond acceptors (Lipinski definition) is 3. The van der Waals surface area contributed by atoms with Crippen LogP contribution in [0.4, 0.5) is 4.79 Å². The van der Waals surface area contributed by atoms with Gasteiger partial charge in [-0.15, -0.1) is 0 Å². The molecular weight excluding hydrogens is 338 g/mol. The van der Waals surface area contributed by atoms with Crippen molar-refractivity contribution in [1.29, 1.82) is 0 Å². The fraction of sp³-hybridized carbons (Fsp3) is 0.409. The first-order chi connectivity index (χ1) is 13.2. The molecule has 5 nitrogen and oxygen atoms in total. The highest BCUT2D eigenvalue weighted by Crippen LogP contribution is 2.17. The lowest BCUT2D eigenvalue weighted by atomic mass is 10.1. The maximum atomic E-state index is 12.6. The van der Waals surface area contributed by atoms with Gasteiger partial charge in [0.05, 0.1) is 13.2 Å². The van der Waals surface area contributed by atoms with Crippen LogP contribution in [0, 0.1) is 0 Å². The number of urea groups is 1. The third-order valence-corrected chi connectivity index (χ3v) is 5.17. The lowest BCUT2D eigenvalue weighted by molar-refractivity contribution is 0.138. The van der Waals surface area contributed by atoms with Gasteiger partial charge in [0.25, 0.3) is 0 Å². The van der Waals surface area contributed by atoms with Crippen molar-refractivity contribution < 1.29 is 9.53 Å². The van der Waals surface area contributed by atoms with Crippen LogP contribution < -0.4 is 10.1 Å². The Morgan fingerprint density at radius 1 is 1.04 bits per heavy atom. The number of ether oxygens (including phenoxy) is 1. The van der Waals surface area contributed by atoms with E-state index in [9.17, 15) is 4.79 Å². The first-order valence-corrected chi connectivity index (χ1v) is 9.61. The molecule has 2 amide bonds. The minimum Gasteiger partial charge on any atom is -0.497 e. The molecule has 144 valence electrons. The number of piperazine rings is 1. The summed E-state index contributed by atoms with van der Waals surface area (Å²) in [5.74, 6) is 0.823. The Hall–Kier alpha value is -2.53. The molecule has 27 heavy (non-hydrogen) atoms. The Kier molecular flexibility index (Phi) is 6.71. The van der Waals surface area contributed by atoms with Crippen molar-refractivity contribution in [2.45, 2.75) is 19.4 Å². The highest BCUT2D eigenvalue weighted by Gasteiger charge is 2.22. The highest BCUT2D eigenvalue weighted by atomic mass is 16.5. The van der Waals surface area contributed by atoms with E-state index in [2.05, 4.69) is 34.5 Å². The maximum absolute atomic E-state index is 12.6. The molecule has 3 rings (SSSR count). The summed E-state index contributed by atoms with van der Waals surface area (Å²) >= 11 is 0. The van der Waals surface area contributed by atoms with E-state index in [0.717, 1.165) is 50.5 Å². The minimum atomic E-state index is -0.0282. The molecule has 1 saturated heterocycles. The number of benzene rings is 2. The number of hydrogen-bond donors (Lipinski definition) is 1. The van der Waals surface area contributed by atoms with Crippen molar-refractivity contribution in [2.24, 2.45) is 0 Å². The number of rotatable bonds is 6. The molecule has 1 aliphatic rings. The Morgan fingerprint density at radius 3 is 2.33 bits per heavy atom. The zero-order chi connectivity index (χ0) is 19.1. The van der Waals surface area contributed by atoms with Gasteiger partial charge in [-0.3, -0.25) is 4.90 Å². The molecule has 0 aliphatic carbocycles. The third-order valence-electron chi connectivity index (χ3n) is 5.17. The van der Waals surface area contributed by atoms with Crippen LogP contribution in [0.2, 0.25) is 0 Å². The zero-order valence-electron chi connectivity index (χ0n) is 16.2. The molecule has 0 bridgehead atoms. The highest BCUT2D eigenvalue weighted by molar-refractivity contribution is 5.74. The number of nitrogens with one attached hydrogen (secondary N) is 1. The lowest BCUT2D eigenvalue weighted by Gasteiger charge is -2.35. The molecule has 0 aromatic heterocycles. The summed E-state index contributed by atoms with van der Waals surface area (Å²) in [5.41, 5.74) is 2.44. The number of carbonyl (C=O) groups excluding carboxylic acids is 1. The summed E-state index contributed by atoms with van der Waals surface area (Å²) in [6.07, 6.45) is 1.06. The van der Waals surface area contributed by atoms with Crippen LogP contribution in [0.1, 0.15) is 24.1 Å². The average molecular weight is 367 g/mol. The second-order valence-corrected chi connectivity index (χ2v) is 7.01. The molecular formula is C22H29N3O2. The Bertz CT molecular complexity index is 710. The Labute approximate surface area is 161 Å². The van der Waals surface area contributed by atoms with Gasteiger partial charge in [0.15, 0.2) is 0 Å². The zero-order valence-corrected chi connectivity index (χ0v) is 16.2. The summed E-state index contributed by atoms with van der Waals surface area (Å²) < 4.78 is 5.18. The molecule has 1 aliphatic heterocycles. The van der Waals surface area contributed by atoms with Gasteiger partial charge in [0.2, 0.25) is 0 Å². The van der Waals surface area contributed by atoms with Crippen LogP contribution in [0.5, 0.6) is 5.75 Å². The molecule has 0 unspecified atom stereocenters. The van der Waals surface area contributed by atoms with E-state index in [-0.39, 0.29) is 12.1 Å². The van der Waals surface area contributed by atoms with Gasteiger partial charge in [-0.2, -0.15) is 0 Å². The van der Waals surface area contributed by atoms with Crippen molar-refractivity contribution >= 4 is 6.03 Å². The standard InChI is InChI=1S/C22H29N3O2/c1-18(20-8-10-21(27-2)11-9-20)23-22(26)25-16-14-24(15-17-25)13-12-19-6-4-3-5-7-19/h3-11,18H,12-17H2,1-2H3,(H,23,26)/t18-/m0/s1. The van der Waals surface area contributed by atoms with Crippen LogP contribution in [-0.2, 0) is 6.42 Å². The van der Waals surface area contributed by atoms with E-state index in [1.807, 2.05) is 42.2 Å². The molecule has 0 spiro atoms. The molecule has 0 saturated carbocycles. The molecule has 2 aromatic rings. The fourth-order valence-electron chi connectivity index (χ4n) is 3.36. The average Bonchev–Trinajstić information content (AvgIpc) is 2.73. The summed E-state index contributed by atoms with van der Waals surface area (Å²) in [4.78, 5) is 16.9. The minimum absolute atomic E-state index is 0.0148. The van der Waals surface area contributed by atoms with Crippen molar-refractivity contribution in [1.82, 2.24) is 15.1 Å². The molecule has 1 fully saturated rings. The quantitative estimate of drug-likeness (QED) is 0.852. The fourth-order valence-corrected chi connectivity index (χ4v) is 3.36. The maximum Gasteiger partial charge on any atom is 0.317 e. The largest absolute Gasteiger partial charge is 0.497 e. The number of carbonyl (C=O) groups is 1. The summed E-state index contributed by atoms with van der Waals surface area (Å²) in [6.45, 7) is 6.46. The topological polar surface area (TPSA) is 44.8 Å². The second-order valence-electron chi connectivity index (χ2n) is 7.01. The van der Waals surface area contributed by atoms with Crippen molar-refractivity contribution in [2.75, 3.05) is 39.8 Å². The van der Waals surface area contributed by atoms with Gasteiger partial charge in [0, 0.05) is 32.7 Å². The van der Waals surface area contributed by atoms with E-state index >= 15 is 0 Å². The van der Waals surface area contributed by atoms with Gasteiger partial charge in [-0.1, -0.05) is 42.5 Å². The number of nitrogens with zero attached hydrogens (tertiary/aromatic N) is 2. The molecule has 1 heterocycles. The molecule has 1 atom stereocenters. The van der Waals surface area contributed by atoms with Crippen LogP contribution >= 0.6 is 0 Å². The van der Waals surface area contributed by atoms with Gasteiger partial charge < -0.3 is 15.0 Å². The van der Waals surface area contributed by atoms with Gasteiger partial charge in [0.1, 0.15) is 5.75 Å². The molecule has 1 N–H and O–H groups in total. The van der Waals surface area contributed by atoms with Gasteiger partial charge in [-0.05, 0) is 36.6 Å². The Balaban J connectivity index is 1.42. The molecule has 5 heteroatoms. The molecule has 0 radical (unpaired) electrons. The summed E-state index contributed by atoms with van der Waals surface area (Å²) in [6, 6.07) is 18.4. The summed E-state index contributed by atoms with van der Waals surface area (Å²) in [5, 5.41) is 3.10. The predicted octanol–water partition coefficient (Wildman–Crippen LogP) is 3.33. The van der Waals surface area contributed by atoms with Crippen LogP contribution in [-0.4, -0.2) is 55.7 Å². The molecule has 2 aromatic carbocycles. The smallest absolute Gasteiger partial charge is 0.317 e. The van der Waals surface area contributed by atoms with Crippen molar-refractivity contribution in [3.63, 3.8) is 0 Å². The predicted molar refractivity (Wildman–Crippen MR) is 108 cm³/mol. The van der Waals surface area contributed by atoms with Gasteiger partial charge >= 0.3 is 6.03 Å². The number of amides is 2. The van der Waals surface area contributed by atoms with E-state index < -0.39 is 0 Å². The van der Waals surface area contributed by atoms with Crippen LogP contribution in [0.3, 0.4) is 0 Å². The second kappa shape index (κ2) is 9.42. The monoisotopic (exact) mass is 367 g/mol. The SMILES string of the molecule is COc1ccc([C@H](C)NC(=O)N2CCN(CCc3ccccc3)CC2)cc1. The number of methoxy groups -OCH3 is 1. The van der Waals surface area contributed by atoms with Crippen molar-refractivity contribution in [3.8, 4) is 5.75 Å². The van der Waals surface area contributed by atoms with Crippen LogP contribution in [0.15, 0.2) is 54.6 Å². The van der Waals surface area contributed by atoms with Crippen LogP contribution in [0.25, 0.3) is 0 Å². The van der Waals surface area contributed by atoms with Gasteiger partial charge in [-0.25, -0.2) is 4.79 Å². The first-order valence-electron chi connectivity index (χ1n) is 9.61. The normalized spacial score (nSPS) is 16.0. The van der Waals surface area contributed by atoms with E-state index in [0.29, 0.717) is 0 Å².